The Morgan fingerprint density at radius 3 is 2.54 bits per heavy atom. The molecule has 0 amide bonds. The highest BCUT2D eigenvalue weighted by Gasteiger charge is 2.06. The smallest absolute Gasteiger partial charge is 0.191 e. The SMILES string of the molecule is CCNC(=NCCCCn1ccnc1C)NCCc1ccc(S(C)(=O)=O)cc1. The standard InChI is InChI=1S/C20H31N5O2S/c1-4-21-20(23-12-5-6-15-25-16-14-22-17(25)2)24-13-11-18-7-9-19(10-8-18)28(3,26)27/h7-10,14,16H,4-6,11-13,15H2,1-3H3,(H2,21,23,24). The Labute approximate surface area is 168 Å². The van der Waals surface area contributed by atoms with Crippen LogP contribution in [0.2, 0.25) is 0 Å². The van der Waals surface area contributed by atoms with E-state index in [0.717, 1.165) is 62.8 Å². The Balaban J connectivity index is 1.73. The van der Waals surface area contributed by atoms with Crippen LogP contribution in [0.15, 0.2) is 46.5 Å². The van der Waals surface area contributed by atoms with Crippen LogP contribution < -0.4 is 10.6 Å². The molecule has 0 aliphatic rings. The minimum absolute atomic E-state index is 0.352. The zero-order valence-corrected chi connectivity index (χ0v) is 17.8. The first kappa shape index (κ1) is 21.9. The van der Waals surface area contributed by atoms with Gasteiger partial charge >= 0.3 is 0 Å². The normalized spacial score (nSPS) is 12.2. The first-order valence-corrected chi connectivity index (χ1v) is 11.6. The molecule has 2 rings (SSSR count). The van der Waals surface area contributed by atoms with Gasteiger partial charge in [0.25, 0.3) is 0 Å². The molecule has 0 saturated carbocycles. The summed E-state index contributed by atoms with van der Waals surface area (Å²) in [7, 11) is -3.14. The van der Waals surface area contributed by atoms with Gasteiger partial charge in [0, 0.05) is 44.8 Å². The lowest BCUT2D eigenvalue weighted by atomic mass is 10.1. The molecule has 1 heterocycles. The molecule has 0 fully saturated rings. The van der Waals surface area contributed by atoms with Crippen molar-refractivity contribution in [1.29, 1.82) is 0 Å². The highest BCUT2D eigenvalue weighted by atomic mass is 32.2. The molecule has 1 aromatic carbocycles. The van der Waals surface area contributed by atoms with Crippen LogP contribution in [0.3, 0.4) is 0 Å². The van der Waals surface area contributed by atoms with E-state index in [1.165, 1.54) is 6.26 Å². The second-order valence-electron chi connectivity index (χ2n) is 6.73. The number of imidazole rings is 1. The topological polar surface area (TPSA) is 88.4 Å². The van der Waals surface area contributed by atoms with Gasteiger partial charge in [0.15, 0.2) is 15.8 Å². The second-order valence-corrected chi connectivity index (χ2v) is 8.74. The molecule has 2 N–H and O–H groups in total. The molecule has 7 nitrogen and oxygen atoms in total. The van der Waals surface area contributed by atoms with Crippen LogP contribution in [0.1, 0.15) is 31.2 Å². The lowest BCUT2D eigenvalue weighted by molar-refractivity contribution is 0.600. The molecule has 154 valence electrons. The van der Waals surface area contributed by atoms with Crippen molar-refractivity contribution in [2.45, 2.75) is 44.6 Å². The van der Waals surface area contributed by atoms with Crippen LogP contribution in [-0.4, -0.2) is 49.8 Å². The van der Waals surface area contributed by atoms with Crippen molar-refractivity contribution in [1.82, 2.24) is 20.2 Å². The minimum Gasteiger partial charge on any atom is -0.357 e. The maximum absolute atomic E-state index is 11.5. The highest BCUT2D eigenvalue weighted by molar-refractivity contribution is 7.90. The molecular weight excluding hydrogens is 374 g/mol. The lowest BCUT2D eigenvalue weighted by Gasteiger charge is -2.11. The van der Waals surface area contributed by atoms with E-state index in [1.54, 1.807) is 12.1 Å². The lowest BCUT2D eigenvalue weighted by Crippen LogP contribution is -2.38. The predicted molar refractivity (Wildman–Crippen MR) is 113 cm³/mol. The zero-order valence-electron chi connectivity index (χ0n) is 17.0. The van der Waals surface area contributed by atoms with Crippen LogP contribution in [0.5, 0.6) is 0 Å². The number of rotatable bonds is 10. The number of unbranched alkanes of at least 4 members (excludes halogenated alkanes) is 1. The van der Waals surface area contributed by atoms with E-state index < -0.39 is 9.84 Å². The molecule has 0 unspecified atom stereocenters. The van der Waals surface area contributed by atoms with Gasteiger partial charge in [0.05, 0.1) is 4.90 Å². The van der Waals surface area contributed by atoms with E-state index in [4.69, 9.17) is 0 Å². The van der Waals surface area contributed by atoms with Crippen molar-refractivity contribution in [2.24, 2.45) is 4.99 Å². The van der Waals surface area contributed by atoms with Crippen molar-refractivity contribution in [3.8, 4) is 0 Å². The molecule has 0 radical (unpaired) electrons. The summed E-state index contributed by atoms with van der Waals surface area (Å²) in [5, 5.41) is 6.59. The Hall–Kier alpha value is -2.35. The van der Waals surface area contributed by atoms with Crippen LogP contribution in [0.25, 0.3) is 0 Å². The van der Waals surface area contributed by atoms with Crippen LogP contribution >= 0.6 is 0 Å². The number of nitrogens with one attached hydrogen (secondary N) is 2. The first-order chi connectivity index (χ1) is 13.4. The van der Waals surface area contributed by atoms with Gasteiger partial charge < -0.3 is 15.2 Å². The Morgan fingerprint density at radius 1 is 1.18 bits per heavy atom. The van der Waals surface area contributed by atoms with Crippen LogP contribution in [0.4, 0.5) is 0 Å². The summed E-state index contributed by atoms with van der Waals surface area (Å²) in [6.07, 6.45) is 7.93. The van der Waals surface area contributed by atoms with Gasteiger partial charge in [-0.2, -0.15) is 0 Å². The highest BCUT2D eigenvalue weighted by Crippen LogP contribution is 2.10. The number of hydrogen-bond donors (Lipinski definition) is 2. The van der Waals surface area contributed by atoms with Crippen LogP contribution in [-0.2, 0) is 22.8 Å². The van der Waals surface area contributed by atoms with E-state index in [-0.39, 0.29) is 0 Å². The van der Waals surface area contributed by atoms with Crippen LogP contribution in [0, 0.1) is 6.92 Å². The third kappa shape index (κ3) is 7.34. The summed E-state index contributed by atoms with van der Waals surface area (Å²) in [6, 6.07) is 7.04. The van der Waals surface area contributed by atoms with Gasteiger partial charge in [0.1, 0.15) is 5.82 Å². The van der Waals surface area contributed by atoms with E-state index >= 15 is 0 Å². The molecule has 0 atom stereocenters. The summed E-state index contributed by atoms with van der Waals surface area (Å²) >= 11 is 0. The Kier molecular flexibility index (Phi) is 8.50. The maximum atomic E-state index is 11.5. The van der Waals surface area contributed by atoms with E-state index in [2.05, 4.69) is 25.2 Å². The van der Waals surface area contributed by atoms with Gasteiger partial charge in [-0.05, 0) is 50.8 Å². The number of benzene rings is 1. The summed E-state index contributed by atoms with van der Waals surface area (Å²) < 4.78 is 25.2. The predicted octanol–water partition coefficient (Wildman–Crippen LogP) is 2.17. The third-order valence-corrected chi connectivity index (χ3v) is 5.53. The van der Waals surface area contributed by atoms with E-state index in [1.807, 2.05) is 38.4 Å². The van der Waals surface area contributed by atoms with Gasteiger partial charge in [-0.25, -0.2) is 13.4 Å². The van der Waals surface area contributed by atoms with Crippen molar-refractivity contribution in [2.75, 3.05) is 25.9 Å². The molecule has 8 heteroatoms. The number of aliphatic imine (C=N–C) groups is 1. The quantitative estimate of drug-likeness (QED) is 0.359. The molecule has 0 aliphatic carbocycles. The van der Waals surface area contributed by atoms with Gasteiger partial charge in [-0.3, -0.25) is 4.99 Å². The second kappa shape index (κ2) is 10.8. The number of guanidine groups is 1. The molecule has 0 saturated heterocycles. The molecule has 0 spiro atoms. The fraction of sp³-hybridized carbons (Fsp3) is 0.500. The summed E-state index contributed by atoms with van der Waals surface area (Å²) in [4.78, 5) is 9.20. The fourth-order valence-electron chi connectivity index (χ4n) is 2.80. The van der Waals surface area contributed by atoms with E-state index in [9.17, 15) is 8.42 Å². The molecular formula is C20H31N5O2S. The largest absolute Gasteiger partial charge is 0.357 e. The number of nitrogens with zero attached hydrogens (tertiary/aromatic N) is 3. The van der Waals surface area contributed by atoms with Crippen molar-refractivity contribution in [3.05, 3.63) is 48.0 Å². The Morgan fingerprint density at radius 2 is 1.93 bits per heavy atom. The van der Waals surface area contributed by atoms with Crippen molar-refractivity contribution < 1.29 is 8.42 Å². The molecule has 0 bridgehead atoms. The molecule has 1 aromatic heterocycles. The van der Waals surface area contributed by atoms with Crippen molar-refractivity contribution >= 4 is 15.8 Å². The summed E-state index contributed by atoms with van der Waals surface area (Å²) in [6.45, 7) is 7.34. The number of aryl methyl sites for hydroxylation is 2. The number of aromatic nitrogens is 2. The summed E-state index contributed by atoms with van der Waals surface area (Å²) in [5.74, 6) is 1.86. The average Bonchev–Trinajstić information content (AvgIpc) is 3.06. The zero-order chi connectivity index (χ0) is 20.4. The Bertz CT molecular complexity index is 857. The average molecular weight is 406 g/mol. The van der Waals surface area contributed by atoms with Gasteiger partial charge in [-0.1, -0.05) is 12.1 Å². The monoisotopic (exact) mass is 405 g/mol. The third-order valence-electron chi connectivity index (χ3n) is 4.40. The number of sulfone groups is 1. The summed E-state index contributed by atoms with van der Waals surface area (Å²) in [5.41, 5.74) is 1.09. The fourth-order valence-corrected chi connectivity index (χ4v) is 3.43. The molecule has 0 aliphatic heterocycles. The molecule has 28 heavy (non-hydrogen) atoms. The van der Waals surface area contributed by atoms with E-state index in [0.29, 0.717) is 4.90 Å². The van der Waals surface area contributed by atoms with Crippen molar-refractivity contribution in [3.63, 3.8) is 0 Å². The maximum Gasteiger partial charge on any atom is 0.191 e. The van der Waals surface area contributed by atoms with Gasteiger partial charge in [-0.15, -0.1) is 0 Å². The number of hydrogen-bond acceptors (Lipinski definition) is 4. The van der Waals surface area contributed by atoms with Gasteiger partial charge in [0.2, 0.25) is 0 Å². The minimum atomic E-state index is -3.14. The first-order valence-electron chi connectivity index (χ1n) is 9.69. The molecule has 2 aromatic rings.